The molecule has 2 aromatic rings. The predicted molar refractivity (Wildman–Crippen MR) is 124 cm³/mol. The van der Waals surface area contributed by atoms with E-state index in [-0.39, 0.29) is 10.8 Å². The molecule has 0 spiro atoms. The van der Waals surface area contributed by atoms with Crippen LogP contribution >= 0.6 is 0 Å². The van der Waals surface area contributed by atoms with Crippen molar-refractivity contribution < 1.29 is 17.9 Å². The molecule has 9 heteroatoms. The molecular formula is C23H32N4O4S. The highest BCUT2D eigenvalue weighted by Crippen LogP contribution is 2.26. The largest absolute Gasteiger partial charge is 0.497 e. The molecule has 0 aliphatic carbocycles. The second-order valence-electron chi connectivity index (χ2n) is 8.74. The molecule has 174 valence electrons. The first-order valence-corrected chi connectivity index (χ1v) is 12.6. The van der Waals surface area contributed by atoms with Gasteiger partial charge in [0.2, 0.25) is 10.0 Å². The lowest BCUT2D eigenvalue weighted by Crippen LogP contribution is -2.49. The second-order valence-corrected chi connectivity index (χ2v) is 10.7. The van der Waals surface area contributed by atoms with E-state index in [0.29, 0.717) is 50.9 Å². The fraction of sp³-hybridized carbons (Fsp3) is 0.522. The maximum absolute atomic E-state index is 13.2. The molecule has 0 atom stereocenters. The molecular weight excluding hydrogens is 428 g/mol. The lowest BCUT2D eigenvalue weighted by molar-refractivity contribution is 0.0737. The van der Waals surface area contributed by atoms with Crippen molar-refractivity contribution in [1.29, 1.82) is 0 Å². The minimum atomic E-state index is -3.58. The number of carbonyl (C=O) groups is 1. The van der Waals surface area contributed by atoms with Crippen LogP contribution in [-0.2, 0) is 17.1 Å². The van der Waals surface area contributed by atoms with Crippen LogP contribution < -0.4 is 9.64 Å². The molecule has 0 unspecified atom stereocenters. The zero-order valence-electron chi connectivity index (χ0n) is 19.0. The Morgan fingerprint density at radius 1 is 1.03 bits per heavy atom. The number of ether oxygens (including phenoxy) is 1. The Bertz CT molecular complexity index is 1070. The lowest BCUT2D eigenvalue weighted by atomic mass is 10.0. The summed E-state index contributed by atoms with van der Waals surface area (Å²) in [5.74, 6) is 1.22. The number of rotatable bonds is 5. The summed E-state index contributed by atoms with van der Waals surface area (Å²) >= 11 is 0. The first kappa shape index (κ1) is 22.7. The number of hydrogen-bond donors (Lipinski definition) is 0. The molecule has 0 bridgehead atoms. The molecule has 2 aliphatic rings. The van der Waals surface area contributed by atoms with E-state index in [9.17, 15) is 13.2 Å². The number of aromatic nitrogens is 1. The highest BCUT2D eigenvalue weighted by Gasteiger charge is 2.31. The summed E-state index contributed by atoms with van der Waals surface area (Å²) in [7, 11) is -0.199. The van der Waals surface area contributed by atoms with Gasteiger partial charge in [0.1, 0.15) is 16.3 Å². The van der Waals surface area contributed by atoms with Crippen molar-refractivity contribution in [2.24, 2.45) is 13.0 Å². The summed E-state index contributed by atoms with van der Waals surface area (Å²) in [6, 6.07) is 9.43. The van der Waals surface area contributed by atoms with Crippen LogP contribution in [0.4, 0.5) is 5.69 Å². The van der Waals surface area contributed by atoms with Crippen molar-refractivity contribution >= 4 is 21.6 Å². The number of piperazine rings is 1. The smallest absolute Gasteiger partial charge is 0.270 e. The van der Waals surface area contributed by atoms with Crippen molar-refractivity contribution in [3.05, 3.63) is 42.2 Å². The fourth-order valence-electron chi connectivity index (χ4n) is 4.40. The Kier molecular flexibility index (Phi) is 6.48. The molecule has 2 fully saturated rings. The number of piperidine rings is 1. The maximum Gasteiger partial charge on any atom is 0.270 e. The predicted octanol–water partition coefficient (Wildman–Crippen LogP) is 2.42. The summed E-state index contributed by atoms with van der Waals surface area (Å²) in [5, 5.41) is 0. The van der Waals surface area contributed by atoms with Crippen LogP contribution in [0, 0.1) is 5.92 Å². The summed E-state index contributed by atoms with van der Waals surface area (Å²) in [4.78, 5) is 17.4. The highest BCUT2D eigenvalue weighted by atomic mass is 32.2. The molecule has 8 nitrogen and oxygen atoms in total. The molecule has 2 saturated heterocycles. The summed E-state index contributed by atoms with van der Waals surface area (Å²) in [6.45, 7) is 5.79. The van der Waals surface area contributed by atoms with E-state index >= 15 is 0 Å². The zero-order valence-corrected chi connectivity index (χ0v) is 19.8. The number of hydrogen-bond acceptors (Lipinski definition) is 5. The van der Waals surface area contributed by atoms with Crippen molar-refractivity contribution in [3.8, 4) is 5.75 Å². The number of nitrogens with zero attached hydrogens (tertiary/aromatic N) is 4. The fourth-order valence-corrected chi connectivity index (χ4v) is 5.94. The Morgan fingerprint density at radius 2 is 1.72 bits per heavy atom. The molecule has 0 saturated carbocycles. The van der Waals surface area contributed by atoms with Crippen LogP contribution in [0.5, 0.6) is 5.75 Å². The third kappa shape index (κ3) is 4.49. The van der Waals surface area contributed by atoms with Crippen LogP contribution in [-0.4, -0.2) is 74.5 Å². The van der Waals surface area contributed by atoms with E-state index in [2.05, 4.69) is 11.8 Å². The average Bonchev–Trinajstić information content (AvgIpc) is 3.21. The molecule has 0 N–H and O–H groups in total. The van der Waals surface area contributed by atoms with Gasteiger partial charge >= 0.3 is 0 Å². The number of amides is 1. The van der Waals surface area contributed by atoms with Gasteiger partial charge in [0.15, 0.2) is 0 Å². The zero-order chi connectivity index (χ0) is 22.9. The van der Waals surface area contributed by atoms with Crippen LogP contribution in [0.15, 0.2) is 41.4 Å². The van der Waals surface area contributed by atoms with E-state index in [1.54, 1.807) is 34.1 Å². The maximum atomic E-state index is 13.2. The summed E-state index contributed by atoms with van der Waals surface area (Å²) in [6.07, 6.45) is 3.30. The van der Waals surface area contributed by atoms with Crippen LogP contribution in [0.1, 0.15) is 30.3 Å². The molecule has 4 rings (SSSR count). The SMILES string of the molecule is COc1cccc(N2CCN(C(=O)c3cc(S(=O)(=O)N4CCC(C)CC4)cn3C)CC2)c1. The number of anilines is 1. The van der Waals surface area contributed by atoms with Crippen molar-refractivity contribution in [3.63, 3.8) is 0 Å². The van der Waals surface area contributed by atoms with Gasteiger partial charge in [0, 0.05) is 64.3 Å². The first-order valence-electron chi connectivity index (χ1n) is 11.1. The Balaban J connectivity index is 1.44. The molecule has 1 aromatic heterocycles. The van der Waals surface area contributed by atoms with Crippen molar-refractivity contribution in [2.45, 2.75) is 24.7 Å². The summed E-state index contributed by atoms with van der Waals surface area (Å²) in [5.41, 5.74) is 1.48. The van der Waals surface area contributed by atoms with Crippen molar-refractivity contribution in [2.75, 3.05) is 51.3 Å². The second kappa shape index (κ2) is 9.15. The topological polar surface area (TPSA) is 75.1 Å². The van der Waals surface area contributed by atoms with Gasteiger partial charge in [-0.15, -0.1) is 0 Å². The number of carbonyl (C=O) groups excluding carboxylic acids is 1. The monoisotopic (exact) mass is 460 g/mol. The Morgan fingerprint density at radius 3 is 2.38 bits per heavy atom. The molecule has 1 amide bonds. The van der Waals surface area contributed by atoms with Gasteiger partial charge < -0.3 is 19.1 Å². The minimum Gasteiger partial charge on any atom is -0.497 e. The number of benzene rings is 1. The Hall–Kier alpha value is -2.52. The lowest BCUT2D eigenvalue weighted by Gasteiger charge is -2.36. The standard InChI is InChI=1S/C23H32N4O4S/c1-18-7-9-27(10-8-18)32(29,30)21-16-22(24(2)17-21)23(28)26-13-11-25(12-14-26)19-5-4-6-20(15-19)31-3/h4-6,15-18H,7-14H2,1-3H3. The number of sulfonamides is 1. The normalized spacial score (nSPS) is 18.7. The molecule has 1 aromatic carbocycles. The van der Waals surface area contributed by atoms with E-state index in [4.69, 9.17) is 4.74 Å². The van der Waals surface area contributed by atoms with Crippen LogP contribution in [0.3, 0.4) is 0 Å². The average molecular weight is 461 g/mol. The molecule has 2 aliphatic heterocycles. The molecule has 32 heavy (non-hydrogen) atoms. The van der Waals surface area contributed by atoms with E-state index in [1.165, 1.54) is 6.07 Å². The van der Waals surface area contributed by atoms with E-state index in [0.717, 1.165) is 24.3 Å². The summed E-state index contributed by atoms with van der Waals surface area (Å²) < 4.78 is 34.7. The van der Waals surface area contributed by atoms with Crippen LogP contribution in [0.25, 0.3) is 0 Å². The van der Waals surface area contributed by atoms with Crippen molar-refractivity contribution in [1.82, 2.24) is 13.8 Å². The van der Waals surface area contributed by atoms with Gasteiger partial charge in [0.25, 0.3) is 5.91 Å². The highest BCUT2D eigenvalue weighted by molar-refractivity contribution is 7.89. The van der Waals surface area contributed by atoms with Gasteiger partial charge in [0.05, 0.1) is 7.11 Å². The number of methoxy groups -OCH3 is 1. The van der Waals surface area contributed by atoms with Gasteiger partial charge in [-0.1, -0.05) is 13.0 Å². The van der Waals surface area contributed by atoms with Crippen LogP contribution in [0.2, 0.25) is 0 Å². The van der Waals surface area contributed by atoms with Gasteiger partial charge in [-0.3, -0.25) is 4.79 Å². The number of aryl methyl sites for hydroxylation is 1. The third-order valence-electron chi connectivity index (χ3n) is 6.56. The van der Waals surface area contributed by atoms with E-state index < -0.39 is 10.0 Å². The van der Waals surface area contributed by atoms with Gasteiger partial charge in [-0.25, -0.2) is 8.42 Å². The Labute approximate surface area is 190 Å². The minimum absolute atomic E-state index is 0.133. The van der Waals surface area contributed by atoms with Gasteiger partial charge in [-0.2, -0.15) is 4.31 Å². The quantitative estimate of drug-likeness (QED) is 0.685. The van der Waals surface area contributed by atoms with Gasteiger partial charge in [-0.05, 0) is 37.0 Å². The molecule has 0 radical (unpaired) electrons. The van der Waals surface area contributed by atoms with E-state index in [1.807, 2.05) is 24.3 Å². The third-order valence-corrected chi connectivity index (χ3v) is 8.43. The molecule has 3 heterocycles. The first-order chi connectivity index (χ1) is 15.3.